The lowest BCUT2D eigenvalue weighted by Gasteiger charge is -2.14. The third-order valence-electron chi connectivity index (χ3n) is 3.83. The molecule has 1 aromatic carbocycles. The molecule has 3 rings (SSSR count). The molecule has 8 heteroatoms. The van der Waals surface area contributed by atoms with Crippen LogP contribution in [0.2, 0.25) is 0 Å². The highest BCUT2D eigenvalue weighted by Crippen LogP contribution is 2.29. The van der Waals surface area contributed by atoms with Gasteiger partial charge in [-0.25, -0.2) is 0 Å². The van der Waals surface area contributed by atoms with Crippen LogP contribution in [0.3, 0.4) is 0 Å². The molecule has 0 bridgehead atoms. The molecule has 0 atom stereocenters. The Hall–Kier alpha value is -1.96. The van der Waals surface area contributed by atoms with Gasteiger partial charge in [0.1, 0.15) is 5.75 Å². The second kappa shape index (κ2) is 9.66. The molecule has 0 fully saturated rings. The molecular formula is C18H19ClF2N2O2S. The first-order valence-corrected chi connectivity index (χ1v) is 8.75. The number of hydrogen-bond acceptors (Lipinski definition) is 4. The van der Waals surface area contributed by atoms with E-state index in [0.29, 0.717) is 11.4 Å². The van der Waals surface area contributed by atoms with Gasteiger partial charge in [0.2, 0.25) is 0 Å². The molecule has 0 spiro atoms. The highest BCUT2D eigenvalue weighted by atomic mass is 35.5. The Morgan fingerprint density at radius 3 is 2.65 bits per heavy atom. The summed E-state index contributed by atoms with van der Waals surface area (Å²) in [7, 11) is 0. The number of carbonyl (C=O) groups excluding carboxylic acids is 1. The summed E-state index contributed by atoms with van der Waals surface area (Å²) >= 11 is 1.37. The highest BCUT2D eigenvalue weighted by Gasteiger charge is 2.12. The average molecular weight is 401 g/mol. The zero-order valence-corrected chi connectivity index (χ0v) is 15.5. The number of ether oxygens (including phenoxy) is 1. The number of halogens is 3. The molecule has 26 heavy (non-hydrogen) atoms. The van der Waals surface area contributed by atoms with Crippen molar-refractivity contribution < 1.29 is 18.3 Å². The summed E-state index contributed by atoms with van der Waals surface area (Å²) in [6, 6.07) is 10.0. The molecule has 2 N–H and O–H groups in total. The summed E-state index contributed by atoms with van der Waals surface area (Å²) in [4.78, 5) is 13.8. The SMILES string of the molecule is Cl.O=C(NCC1=CCNCC1)c1ccc(-c2ccc(OC(F)F)cc2)s1. The standard InChI is InChI=1S/C18H18F2N2O2S.ClH/c19-18(20)24-14-3-1-13(2-4-14)15-5-6-16(25-15)17(23)22-11-12-7-9-21-10-8-12;/h1-7,18,21H,8-11H2,(H,22,23);1H. The molecular weight excluding hydrogens is 382 g/mol. The minimum atomic E-state index is -2.84. The molecule has 1 amide bonds. The van der Waals surface area contributed by atoms with Gasteiger partial charge in [0, 0.05) is 18.0 Å². The van der Waals surface area contributed by atoms with E-state index in [1.807, 2.05) is 6.07 Å². The Kier molecular flexibility index (Phi) is 7.56. The first-order valence-electron chi connectivity index (χ1n) is 7.94. The van der Waals surface area contributed by atoms with Crippen molar-refractivity contribution in [2.45, 2.75) is 13.0 Å². The third kappa shape index (κ3) is 5.52. The lowest BCUT2D eigenvalue weighted by molar-refractivity contribution is -0.0498. The number of alkyl halides is 2. The summed E-state index contributed by atoms with van der Waals surface area (Å²) in [6.07, 6.45) is 3.05. The predicted molar refractivity (Wildman–Crippen MR) is 102 cm³/mol. The Balaban J connectivity index is 0.00000243. The van der Waals surface area contributed by atoms with Crippen molar-refractivity contribution in [3.8, 4) is 16.2 Å². The fraction of sp³-hybridized carbons (Fsp3) is 0.278. The number of rotatable bonds is 6. The van der Waals surface area contributed by atoms with Gasteiger partial charge in [-0.05, 0) is 54.9 Å². The molecule has 0 saturated carbocycles. The Morgan fingerprint density at radius 1 is 1.23 bits per heavy atom. The summed E-state index contributed by atoms with van der Waals surface area (Å²) in [5, 5.41) is 6.17. The van der Waals surface area contributed by atoms with Gasteiger partial charge < -0.3 is 15.4 Å². The first-order chi connectivity index (χ1) is 12.1. The maximum atomic E-state index is 12.3. The number of nitrogens with one attached hydrogen (secondary N) is 2. The van der Waals surface area contributed by atoms with E-state index in [2.05, 4.69) is 21.4 Å². The van der Waals surface area contributed by atoms with Crippen molar-refractivity contribution in [2.24, 2.45) is 0 Å². The molecule has 0 unspecified atom stereocenters. The van der Waals surface area contributed by atoms with E-state index in [1.165, 1.54) is 29.0 Å². The Labute approximate surface area is 160 Å². The molecule has 0 radical (unpaired) electrons. The van der Waals surface area contributed by atoms with Crippen LogP contribution in [0.25, 0.3) is 10.4 Å². The van der Waals surface area contributed by atoms with E-state index in [9.17, 15) is 13.6 Å². The maximum Gasteiger partial charge on any atom is 0.387 e. The number of thiophene rings is 1. The van der Waals surface area contributed by atoms with Gasteiger partial charge in [0.15, 0.2) is 0 Å². The van der Waals surface area contributed by atoms with Gasteiger partial charge in [-0.2, -0.15) is 8.78 Å². The van der Waals surface area contributed by atoms with E-state index in [-0.39, 0.29) is 24.1 Å². The van der Waals surface area contributed by atoms with Gasteiger partial charge in [-0.3, -0.25) is 4.79 Å². The molecule has 1 aliphatic heterocycles. The smallest absolute Gasteiger partial charge is 0.387 e. The monoisotopic (exact) mass is 400 g/mol. The molecule has 1 aromatic heterocycles. The fourth-order valence-electron chi connectivity index (χ4n) is 2.53. The van der Waals surface area contributed by atoms with Gasteiger partial charge in [0.25, 0.3) is 5.91 Å². The molecule has 1 aliphatic rings. The number of benzene rings is 1. The van der Waals surface area contributed by atoms with Crippen LogP contribution in [-0.4, -0.2) is 32.2 Å². The van der Waals surface area contributed by atoms with Crippen molar-refractivity contribution in [1.82, 2.24) is 10.6 Å². The number of amides is 1. The van der Waals surface area contributed by atoms with E-state index < -0.39 is 6.61 Å². The summed E-state index contributed by atoms with van der Waals surface area (Å²) in [5.74, 6) is 0.0110. The van der Waals surface area contributed by atoms with Crippen molar-refractivity contribution in [1.29, 1.82) is 0 Å². The number of carbonyl (C=O) groups is 1. The van der Waals surface area contributed by atoms with Crippen molar-refractivity contribution in [2.75, 3.05) is 19.6 Å². The van der Waals surface area contributed by atoms with Crippen LogP contribution in [0, 0.1) is 0 Å². The Bertz CT molecular complexity index is 763. The maximum absolute atomic E-state index is 12.3. The van der Waals surface area contributed by atoms with Crippen LogP contribution in [0.1, 0.15) is 16.1 Å². The van der Waals surface area contributed by atoms with Crippen molar-refractivity contribution >= 4 is 29.7 Å². The average Bonchev–Trinajstić information content (AvgIpc) is 3.11. The molecule has 140 valence electrons. The minimum Gasteiger partial charge on any atom is -0.435 e. The van der Waals surface area contributed by atoms with Crippen molar-refractivity contribution in [3.63, 3.8) is 0 Å². The van der Waals surface area contributed by atoms with E-state index in [4.69, 9.17) is 0 Å². The normalized spacial score (nSPS) is 13.7. The van der Waals surface area contributed by atoms with Crippen LogP contribution >= 0.6 is 23.7 Å². The van der Waals surface area contributed by atoms with Crippen LogP contribution in [0.15, 0.2) is 48.0 Å². The molecule has 0 saturated heterocycles. The third-order valence-corrected chi connectivity index (χ3v) is 4.96. The largest absolute Gasteiger partial charge is 0.435 e. The number of hydrogen-bond donors (Lipinski definition) is 2. The van der Waals surface area contributed by atoms with E-state index >= 15 is 0 Å². The molecule has 2 aromatic rings. The molecule has 2 heterocycles. The summed E-state index contributed by atoms with van der Waals surface area (Å²) in [6.45, 7) is -0.485. The predicted octanol–water partition coefficient (Wildman–Crippen LogP) is 4.09. The second-order valence-electron chi connectivity index (χ2n) is 5.57. The van der Waals surface area contributed by atoms with Gasteiger partial charge in [0.05, 0.1) is 4.88 Å². The second-order valence-corrected chi connectivity index (χ2v) is 6.65. The summed E-state index contributed by atoms with van der Waals surface area (Å²) < 4.78 is 28.7. The zero-order chi connectivity index (χ0) is 17.6. The lowest BCUT2D eigenvalue weighted by Crippen LogP contribution is -2.29. The molecule has 4 nitrogen and oxygen atoms in total. The van der Waals surface area contributed by atoms with Gasteiger partial charge >= 0.3 is 6.61 Å². The van der Waals surface area contributed by atoms with Crippen LogP contribution in [0.5, 0.6) is 5.75 Å². The quantitative estimate of drug-likeness (QED) is 0.718. The van der Waals surface area contributed by atoms with Crippen molar-refractivity contribution in [3.05, 3.63) is 52.9 Å². The Morgan fingerprint density at radius 2 is 2.00 bits per heavy atom. The van der Waals surface area contributed by atoms with E-state index in [1.54, 1.807) is 18.2 Å². The van der Waals surface area contributed by atoms with E-state index in [0.717, 1.165) is 30.0 Å². The van der Waals surface area contributed by atoms with Crippen LogP contribution in [0.4, 0.5) is 8.78 Å². The lowest BCUT2D eigenvalue weighted by atomic mass is 10.1. The highest BCUT2D eigenvalue weighted by molar-refractivity contribution is 7.17. The van der Waals surface area contributed by atoms with Gasteiger partial charge in [-0.15, -0.1) is 23.7 Å². The molecule has 0 aliphatic carbocycles. The fourth-order valence-corrected chi connectivity index (χ4v) is 3.45. The topological polar surface area (TPSA) is 50.4 Å². The van der Waals surface area contributed by atoms with Crippen LogP contribution in [-0.2, 0) is 0 Å². The minimum absolute atomic E-state index is 0. The van der Waals surface area contributed by atoms with Gasteiger partial charge in [-0.1, -0.05) is 11.6 Å². The first kappa shape index (κ1) is 20.4. The summed E-state index contributed by atoms with van der Waals surface area (Å²) in [5.41, 5.74) is 2.09. The zero-order valence-electron chi connectivity index (χ0n) is 13.8. The van der Waals surface area contributed by atoms with Crippen LogP contribution < -0.4 is 15.4 Å².